The van der Waals surface area contributed by atoms with Gasteiger partial charge in [-0.15, -0.1) is 5.01 Å². The quantitative estimate of drug-likeness (QED) is 0.414. The van der Waals surface area contributed by atoms with Crippen LogP contribution in [0, 0.1) is 6.92 Å². The molecule has 0 saturated carbocycles. The summed E-state index contributed by atoms with van der Waals surface area (Å²) in [6.45, 7) is 3.84. The van der Waals surface area contributed by atoms with Crippen LogP contribution in [0.15, 0.2) is 53.6 Å². The van der Waals surface area contributed by atoms with Gasteiger partial charge in [0.25, 0.3) is 5.91 Å². The van der Waals surface area contributed by atoms with Crippen LogP contribution in [0.25, 0.3) is 0 Å². The summed E-state index contributed by atoms with van der Waals surface area (Å²) in [6, 6.07) is 13.6. The standard InChI is InChI=1S/C23H21Cl2N5O3/c1-14-19(20(25)29(28-14)13-15-4-8-17(24)9-5-15)12-26-30-21(31)23(2,27-22(30)32)16-6-10-18(33-3)11-7-16/h4-12H,13H2,1-3H3,(H,27,32)/b26-12+. The van der Waals surface area contributed by atoms with Crippen molar-refractivity contribution < 1.29 is 14.3 Å². The Bertz CT molecular complexity index is 1240. The summed E-state index contributed by atoms with van der Waals surface area (Å²) < 4.78 is 6.78. The van der Waals surface area contributed by atoms with Crippen LogP contribution in [0.5, 0.6) is 5.75 Å². The van der Waals surface area contributed by atoms with Crippen molar-refractivity contribution in [2.45, 2.75) is 25.9 Å². The molecule has 170 valence electrons. The number of halogens is 2. The number of amides is 3. The third-order valence-corrected chi connectivity index (χ3v) is 6.14. The number of hydrogen-bond donors (Lipinski definition) is 1. The van der Waals surface area contributed by atoms with Gasteiger partial charge < -0.3 is 10.1 Å². The summed E-state index contributed by atoms with van der Waals surface area (Å²) in [5, 5.41) is 13.1. The number of aromatic nitrogens is 2. The van der Waals surface area contributed by atoms with E-state index in [0.29, 0.717) is 39.3 Å². The van der Waals surface area contributed by atoms with Crippen molar-refractivity contribution in [3.05, 3.63) is 81.1 Å². The lowest BCUT2D eigenvalue weighted by atomic mass is 9.92. The number of hydrazone groups is 1. The number of ether oxygens (including phenoxy) is 1. The Kier molecular flexibility index (Phi) is 6.14. The molecule has 1 N–H and O–H groups in total. The van der Waals surface area contributed by atoms with E-state index in [4.69, 9.17) is 27.9 Å². The van der Waals surface area contributed by atoms with Gasteiger partial charge in [-0.1, -0.05) is 47.5 Å². The molecule has 0 bridgehead atoms. The average Bonchev–Trinajstić information content (AvgIpc) is 3.19. The van der Waals surface area contributed by atoms with Crippen LogP contribution in [0.2, 0.25) is 10.2 Å². The molecule has 0 aliphatic carbocycles. The Morgan fingerprint density at radius 3 is 2.42 bits per heavy atom. The average molecular weight is 486 g/mol. The number of methoxy groups -OCH3 is 1. The summed E-state index contributed by atoms with van der Waals surface area (Å²) in [7, 11) is 1.56. The van der Waals surface area contributed by atoms with E-state index in [1.807, 2.05) is 12.1 Å². The third kappa shape index (κ3) is 4.31. The minimum atomic E-state index is -1.25. The van der Waals surface area contributed by atoms with E-state index in [1.54, 1.807) is 62.0 Å². The van der Waals surface area contributed by atoms with Crippen LogP contribution in [-0.4, -0.2) is 40.1 Å². The second-order valence-corrected chi connectivity index (χ2v) is 8.51. The fourth-order valence-electron chi connectivity index (χ4n) is 3.55. The number of carbonyl (C=O) groups excluding carboxylic acids is 2. The van der Waals surface area contributed by atoms with E-state index in [0.717, 1.165) is 10.6 Å². The van der Waals surface area contributed by atoms with Gasteiger partial charge >= 0.3 is 6.03 Å². The molecule has 1 atom stereocenters. The van der Waals surface area contributed by atoms with Crippen LogP contribution < -0.4 is 10.1 Å². The van der Waals surface area contributed by atoms with Gasteiger partial charge in [-0.25, -0.2) is 9.48 Å². The minimum absolute atomic E-state index is 0.344. The molecule has 2 aromatic carbocycles. The summed E-state index contributed by atoms with van der Waals surface area (Å²) in [6.07, 6.45) is 1.38. The van der Waals surface area contributed by atoms with Crippen molar-refractivity contribution in [1.29, 1.82) is 0 Å². The van der Waals surface area contributed by atoms with E-state index in [9.17, 15) is 9.59 Å². The highest BCUT2D eigenvalue weighted by atomic mass is 35.5. The number of nitrogens with zero attached hydrogens (tertiary/aromatic N) is 4. The highest BCUT2D eigenvalue weighted by Gasteiger charge is 2.49. The van der Waals surface area contributed by atoms with Crippen molar-refractivity contribution in [1.82, 2.24) is 20.1 Å². The zero-order valence-corrected chi connectivity index (χ0v) is 19.7. The first kappa shape index (κ1) is 22.8. The minimum Gasteiger partial charge on any atom is -0.497 e. The fourth-order valence-corrected chi connectivity index (χ4v) is 3.96. The maximum Gasteiger partial charge on any atom is 0.346 e. The van der Waals surface area contributed by atoms with Gasteiger partial charge in [-0.3, -0.25) is 4.79 Å². The highest BCUT2D eigenvalue weighted by molar-refractivity contribution is 6.32. The van der Waals surface area contributed by atoms with Crippen LogP contribution in [0.4, 0.5) is 4.79 Å². The van der Waals surface area contributed by atoms with Gasteiger partial charge in [0, 0.05) is 5.02 Å². The molecule has 0 radical (unpaired) electrons. The van der Waals surface area contributed by atoms with Crippen molar-refractivity contribution in [3.63, 3.8) is 0 Å². The van der Waals surface area contributed by atoms with Crippen LogP contribution >= 0.6 is 23.2 Å². The van der Waals surface area contributed by atoms with Crippen molar-refractivity contribution in [2.24, 2.45) is 5.10 Å². The number of imide groups is 1. The van der Waals surface area contributed by atoms with E-state index in [-0.39, 0.29) is 0 Å². The predicted octanol–water partition coefficient (Wildman–Crippen LogP) is 4.36. The first-order chi connectivity index (χ1) is 15.7. The van der Waals surface area contributed by atoms with Crippen molar-refractivity contribution in [2.75, 3.05) is 7.11 Å². The largest absolute Gasteiger partial charge is 0.497 e. The molecular formula is C23H21Cl2N5O3. The summed E-state index contributed by atoms with van der Waals surface area (Å²) in [4.78, 5) is 25.6. The second-order valence-electron chi connectivity index (χ2n) is 7.72. The number of aryl methyl sites for hydroxylation is 1. The maximum atomic E-state index is 13.1. The van der Waals surface area contributed by atoms with Gasteiger partial charge in [-0.05, 0) is 49.2 Å². The summed E-state index contributed by atoms with van der Waals surface area (Å²) in [5.41, 5.74) is 1.46. The fraction of sp³-hybridized carbons (Fsp3) is 0.217. The SMILES string of the molecule is COc1ccc(C2(C)NC(=O)N(/N=C/c3c(C)nn(Cc4ccc(Cl)cc4)c3Cl)C2=O)cc1. The first-order valence-electron chi connectivity index (χ1n) is 10.1. The molecule has 0 spiro atoms. The lowest BCUT2D eigenvalue weighted by molar-refractivity contribution is -0.131. The lowest BCUT2D eigenvalue weighted by Crippen LogP contribution is -2.40. The van der Waals surface area contributed by atoms with Gasteiger partial charge in [0.05, 0.1) is 31.1 Å². The normalized spacial score (nSPS) is 18.3. The molecule has 1 unspecified atom stereocenters. The van der Waals surface area contributed by atoms with Crippen LogP contribution in [-0.2, 0) is 16.9 Å². The lowest BCUT2D eigenvalue weighted by Gasteiger charge is -2.21. The molecular weight excluding hydrogens is 465 g/mol. The zero-order valence-electron chi connectivity index (χ0n) is 18.2. The molecule has 4 rings (SSSR count). The zero-order chi connectivity index (χ0) is 23.8. The number of benzene rings is 2. The Balaban J connectivity index is 1.56. The number of carbonyl (C=O) groups is 2. The molecule has 1 aliphatic rings. The number of hydrogen-bond acceptors (Lipinski definition) is 5. The van der Waals surface area contributed by atoms with E-state index in [1.165, 1.54) is 6.21 Å². The Labute approximate surface area is 200 Å². The third-order valence-electron chi connectivity index (χ3n) is 5.49. The maximum absolute atomic E-state index is 13.1. The van der Waals surface area contributed by atoms with Crippen molar-refractivity contribution >= 4 is 41.4 Å². The van der Waals surface area contributed by atoms with Gasteiger partial charge in [-0.2, -0.15) is 10.2 Å². The monoisotopic (exact) mass is 485 g/mol. The molecule has 1 saturated heterocycles. The molecule has 3 aromatic rings. The second kappa shape index (κ2) is 8.88. The number of rotatable bonds is 6. The Morgan fingerprint density at radius 1 is 1.12 bits per heavy atom. The molecule has 10 heteroatoms. The van der Waals surface area contributed by atoms with Crippen molar-refractivity contribution in [3.8, 4) is 5.75 Å². The first-order valence-corrected chi connectivity index (χ1v) is 10.8. The predicted molar refractivity (Wildman–Crippen MR) is 126 cm³/mol. The molecule has 3 amide bonds. The van der Waals surface area contributed by atoms with Gasteiger partial charge in [0.1, 0.15) is 16.4 Å². The van der Waals surface area contributed by atoms with Gasteiger partial charge in [0.2, 0.25) is 0 Å². The molecule has 8 nitrogen and oxygen atoms in total. The van der Waals surface area contributed by atoms with Crippen LogP contribution in [0.3, 0.4) is 0 Å². The summed E-state index contributed by atoms with van der Waals surface area (Å²) >= 11 is 12.5. The topological polar surface area (TPSA) is 88.8 Å². The highest BCUT2D eigenvalue weighted by Crippen LogP contribution is 2.30. The Hall–Kier alpha value is -3.36. The van der Waals surface area contributed by atoms with Crippen LogP contribution in [0.1, 0.15) is 29.3 Å². The molecule has 2 heterocycles. The number of nitrogens with one attached hydrogen (secondary N) is 1. The smallest absolute Gasteiger partial charge is 0.346 e. The van der Waals surface area contributed by atoms with Gasteiger partial charge in [0.15, 0.2) is 0 Å². The van der Waals surface area contributed by atoms with E-state index >= 15 is 0 Å². The van der Waals surface area contributed by atoms with E-state index in [2.05, 4.69) is 15.5 Å². The molecule has 1 aliphatic heterocycles. The molecule has 33 heavy (non-hydrogen) atoms. The number of urea groups is 1. The summed E-state index contributed by atoms with van der Waals surface area (Å²) in [5.74, 6) is 0.144. The van der Waals surface area contributed by atoms with E-state index < -0.39 is 17.5 Å². The molecule has 1 aromatic heterocycles. The Morgan fingerprint density at radius 2 is 1.79 bits per heavy atom. The molecule has 1 fully saturated rings.